The molecule has 1 fully saturated rings. The van der Waals surface area contributed by atoms with Crippen molar-refractivity contribution in [3.05, 3.63) is 11.8 Å². The van der Waals surface area contributed by atoms with Crippen LogP contribution in [0.25, 0.3) is 0 Å². The van der Waals surface area contributed by atoms with Crippen molar-refractivity contribution in [2.24, 2.45) is 0 Å². The highest BCUT2D eigenvalue weighted by Crippen LogP contribution is 2.20. The molecule has 2 rings (SSSR count). The summed E-state index contributed by atoms with van der Waals surface area (Å²) in [7, 11) is 0. The van der Waals surface area contributed by atoms with Crippen LogP contribution in [0.3, 0.4) is 0 Å². The molecule has 54 valence electrons. The van der Waals surface area contributed by atoms with E-state index in [2.05, 4.69) is 16.5 Å². The lowest BCUT2D eigenvalue weighted by atomic mass is 9.91. The Hall–Kier alpha value is -0.790. The highest BCUT2D eigenvalue weighted by Gasteiger charge is 2.21. The van der Waals surface area contributed by atoms with Crippen molar-refractivity contribution in [3.63, 3.8) is 0 Å². The Labute approximate surface area is 61.0 Å². The van der Waals surface area contributed by atoms with E-state index in [0.717, 1.165) is 0 Å². The zero-order chi connectivity index (χ0) is 6.81. The van der Waals surface area contributed by atoms with Gasteiger partial charge in [-0.3, -0.25) is 10.3 Å². The average molecular weight is 137 g/mol. The molecule has 1 saturated carbocycles. The smallest absolute Gasteiger partial charge is 0.234 e. The van der Waals surface area contributed by atoms with Crippen molar-refractivity contribution in [1.82, 2.24) is 5.32 Å². The largest absolute Gasteiger partial charge is 0.274 e. The molecule has 2 nitrogen and oxygen atoms in total. The fourth-order valence-corrected chi connectivity index (χ4v) is 1.70. The van der Waals surface area contributed by atoms with Crippen LogP contribution in [0.1, 0.15) is 25.7 Å². The normalized spacial score (nSPS) is 30.4. The molecule has 0 bridgehead atoms. The van der Waals surface area contributed by atoms with Gasteiger partial charge in [0.15, 0.2) is 0 Å². The van der Waals surface area contributed by atoms with Crippen LogP contribution in [0, 0.1) is 0 Å². The number of rotatable bonds is 0. The van der Waals surface area contributed by atoms with E-state index in [1.54, 1.807) is 5.57 Å². The molecule has 1 unspecified atom stereocenters. The molecule has 1 atom stereocenters. The molecular formula is C8H13N2+. The highest BCUT2D eigenvalue weighted by atomic mass is 15.0. The lowest BCUT2D eigenvalue weighted by Gasteiger charge is -2.20. The molecule has 2 N–H and O–H groups in total. The monoisotopic (exact) mass is 137 g/mol. The summed E-state index contributed by atoms with van der Waals surface area (Å²) in [5.41, 5.74) is 1.55. The Kier molecular flexibility index (Phi) is 1.46. The first kappa shape index (κ1) is 5.96. The molecule has 10 heavy (non-hydrogen) atoms. The van der Waals surface area contributed by atoms with Gasteiger partial charge in [-0.2, -0.15) is 0 Å². The Balaban J connectivity index is 2.13. The molecule has 0 amide bonds. The fourth-order valence-electron chi connectivity index (χ4n) is 1.70. The van der Waals surface area contributed by atoms with E-state index in [-0.39, 0.29) is 0 Å². The number of fused-ring (bicyclic) bond motifs is 1. The quantitative estimate of drug-likeness (QED) is 0.463. The lowest BCUT2D eigenvalue weighted by Crippen LogP contribution is -2.80. The van der Waals surface area contributed by atoms with Gasteiger partial charge in [-0.05, 0) is 25.7 Å². The maximum atomic E-state index is 3.32. The zero-order valence-corrected chi connectivity index (χ0v) is 6.06. The zero-order valence-electron chi connectivity index (χ0n) is 6.06. The van der Waals surface area contributed by atoms with E-state index < -0.39 is 0 Å². The van der Waals surface area contributed by atoms with Crippen LogP contribution < -0.4 is 10.3 Å². The van der Waals surface area contributed by atoms with Gasteiger partial charge in [0, 0.05) is 5.57 Å². The minimum atomic E-state index is 0.648. The molecule has 0 saturated heterocycles. The molecule has 0 radical (unpaired) electrons. The van der Waals surface area contributed by atoms with Gasteiger partial charge >= 0.3 is 0 Å². The van der Waals surface area contributed by atoms with E-state index in [1.165, 1.54) is 25.7 Å². The minimum Gasteiger partial charge on any atom is -0.274 e. The van der Waals surface area contributed by atoms with Crippen molar-refractivity contribution in [2.45, 2.75) is 31.7 Å². The van der Waals surface area contributed by atoms with Crippen molar-refractivity contribution >= 4 is 6.34 Å². The van der Waals surface area contributed by atoms with Crippen molar-refractivity contribution < 1.29 is 4.99 Å². The lowest BCUT2D eigenvalue weighted by molar-refractivity contribution is -0.493. The van der Waals surface area contributed by atoms with Crippen molar-refractivity contribution in [1.29, 1.82) is 0 Å². The van der Waals surface area contributed by atoms with Crippen LogP contribution in [-0.4, -0.2) is 12.4 Å². The maximum Gasteiger partial charge on any atom is 0.234 e. The summed E-state index contributed by atoms with van der Waals surface area (Å²) in [5.74, 6) is 0. The van der Waals surface area contributed by atoms with E-state index in [1.807, 2.05) is 6.34 Å². The van der Waals surface area contributed by atoms with E-state index in [9.17, 15) is 0 Å². The third-order valence-corrected chi connectivity index (χ3v) is 2.29. The van der Waals surface area contributed by atoms with Gasteiger partial charge in [0.2, 0.25) is 6.34 Å². The van der Waals surface area contributed by atoms with Crippen molar-refractivity contribution in [2.75, 3.05) is 0 Å². The first-order chi connectivity index (χ1) is 4.97. The molecule has 0 aromatic carbocycles. The second-order valence-corrected chi connectivity index (χ2v) is 3.00. The third kappa shape index (κ3) is 0.939. The van der Waals surface area contributed by atoms with Crippen LogP contribution in [-0.2, 0) is 0 Å². The number of hydrogen-bond donors (Lipinski definition) is 2. The number of nitrogens with one attached hydrogen (secondary N) is 2. The fraction of sp³-hybridized carbons (Fsp3) is 0.625. The Morgan fingerprint density at radius 3 is 3.40 bits per heavy atom. The van der Waals surface area contributed by atoms with E-state index in [0.29, 0.717) is 6.04 Å². The van der Waals surface area contributed by atoms with Crippen LogP contribution in [0.15, 0.2) is 11.8 Å². The Bertz CT molecular complexity index is 182. The summed E-state index contributed by atoms with van der Waals surface area (Å²) in [6.45, 7) is 0. The van der Waals surface area contributed by atoms with Gasteiger partial charge < -0.3 is 0 Å². The Morgan fingerprint density at radius 2 is 2.50 bits per heavy atom. The molecular weight excluding hydrogens is 124 g/mol. The van der Waals surface area contributed by atoms with Gasteiger partial charge in [-0.25, -0.2) is 0 Å². The van der Waals surface area contributed by atoms with Gasteiger partial charge in [0.25, 0.3) is 0 Å². The molecule has 1 heterocycles. The standard InChI is InChI=1S/C8H12N2/c1-2-4-8-7(3-1)5-9-6-10-8/h5-6,8H,1-4H2,(H,9,10)/p+1. The van der Waals surface area contributed by atoms with Crippen LogP contribution in [0.2, 0.25) is 0 Å². The first-order valence-electron chi connectivity index (χ1n) is 3.99. The van der Waals surface area contributed by atoms with E-state index >= 15 is 0 Å². The molecule has 0 spiro atoms. The van der Waals surface area contributed by atoms with Crippen LogP contribution in [0.4, 0.5) is 0 Å². The summed E-state index contributed by atoms with van der Waals surface area (Å²) >= 11 is 0. The predicted octanol–water partition coefficient (Wildman–Crippen LogP) is -0.475. The molecule has 0 aromatic heterocycles. The predicted molar refractivity (Wildman–Crippen MR) is 40.5 cm³/mol. The van der Waals surface area contributed by atoms with Crippen LogP contribution in [0.5, 0.6) is 0 Å². The second kappa shape index (κ2) is 2.45. The van der Waals surface area contributed by atoms with Gasteiger partial charge in [-0.15, -0.1) is 0 Å². The van der Waals surface area contributed by atoms with Gasteiger partial charge in [-0.1, -0.05) is 0 Å². The Morgan fingerprint density at radius 1 is 1.50 bits per heavy atom. The molecule has 1 aliphatic carbocycles. The molecule has 0 aromatic rings. The summed E-state index contributed by atoms with van der Waals surface area (Å²) in [4.78, 5) is 3.32. The highest BCUT2D eigenvalue weighted by molar-refractivity contribution is 5.50. The van der Waals surface area contributed by atoms with Gasteiger partial charge in [0.05, 0.1) is 6.20 Å². The van der Waals surface area contributed by atoms with Crippen LogP contribution >= 0.6 is 0 Å². The van der Waals surface area contributed by atoms with E-state index in [4.69, 9.17) is 0 Å². The minimum absolute atomic E-state index is 0.648. The first-order valence-corrected chi connectivity index (χ1v) is 3.99. The summed E-state index contributed by atoms with van der Waals surface area (Å²) in [5, 5.41) is 3.09. The SMILES string of the molecule is C1=[NH+]C2CCCCC2=CN1. The summed E-state index contributed by atoms with van der Waals surface area (Å²) < 4.78 is 0. The maximum absolute atomic E-state index is 3.32. The third-order valence-electron chi connectivity index (χ3n) is 2.29. The summed E-state index contributed by atoms with van der Waals surface area (Å²) in [6.07, 6.45) is 9.40. The van der Waals surface area contributed by atoms with Crippen molar-refractivity contribution in [3.8, 4) is 0 Å². The van der Waals surface area contributed by atoms with Gasteiger partial charge in [0.1, 0.15) is 6.04 Å². The topological polar surface area (TPSA) is 26.0 Å². The molecule has 1 aliphatic heterocycles. The molecule has 2 aliphatic rings. The average Bonchev–Trinajstić information content (AvgIpc) is 2.05. The number of hydrogen-bond acceptors (Lipinski definition) is 1. The second-order valence-electron chi connectivity index (χ2n) is 3.00. The molecule has 2 heteroatoms. The summed E-state index contributed by atoms with van der Waals surface area (Å²) in [6, 6.07) is 0.648.